The fraction of sp³-hybridized carbons (Fsp3) is 0.933. The van der Waals surface area contributed by atoms with Crippen LogP contribution in [0, 0.1) is 11.8 Å². The normalized spacial score (nSPS) is 34.8. The lowest BCUT2D eigenvalue weighted by Gasteiger charge is -2.34. The van der Waals surface area contributed by atoms with Crippen LogP contribution in [0.3, 0.4) is 0 Å². The molecule has 2 aliphatic carbocycles. The lowest BCUT2D eigenvalue weighted by atomic mass is 9.86. The molecular weight excluding hydrogens is 240 g/mol. The minimum absolute atomic E-state index is 0.624. The van der Waals surface area contributed by atoms with Gasteiger partial charge in [-0.2, -0.15) is 0 Å². The second-order valence-electron chi connectivity index (χ2n) is 6.33. The summed E-state index contributed by atoms with van der Waals surface area (Å²) in [6.07, 6.45) is 11.2. The number of amidine groups is 1. The number of nitrogens with zero attached hydrogens (tertiary/aromatic N) is 1. The standard InChI is InChI=1S/C15H26N2S/c1-11(12-6-2-3-7-12)16-15-17-14-9-5-4-8-13(14)10-18-15/h11-14H,2-10H2,1H3,(H,16,17). The third kappa shape index (κ3) is 2.87. The van der Waals surface area contributed by atoms with Gasteiger partial charge in [-0.3, -0.25) is 4.99 Å². The molecule has 18 heavy (non-hydrogen) atoms. The Balaban J connectivity index is 1.57. The Bertz CT molecular complexity index is 310. The molecule has 1 heterocycles. The highest BCUT2D eigenvalue weighted by Gasteiger charge is 2.30. The third-order valence-electron chi connectivity index (χ3n) is 5.04. The van der Waals surface area contributed by atoms with Crippen LogP contribution in [-0.4, -0.2) is 23.0 Å². The highest BCUT2D eigenvalue weighted by molar-refractivity contribution is 8.13. The smallest absolute Gasteiger partial charge is 0.157 e. The molecule has 1 aliphatic heterocycles. The zero-order valence-electron chi connectivity index (χ0n) is 11.5. The van der Waals surface area contributed by atoms with Crippen molar-refractivity contribution in [1.29, 1.82) is 0 Å². The third-order valence-corrected chi connectivity index (χ3v) is 6.14. The molecule has 1 N–H and O–H groups in total. The second-order valence-corrected chi connectivity index (χ2v) is 7.34. The number of aliphatic imine (C=N–C) groups is 1. The molecule has 0 aromatic heterocycles. The van der Waals surface area contributed by atoms with E-state index in [-0.39, 0.29) is 0 Å². The summed E-state index contributed by atoms with van der Waals surface area (Å²) in [4.78, 5) is 4.98. The van der Waals surface area contributed by atoms with Crippen LogP contribution in [0.1, 0.15) is 58.3 Å². The minimum Gasteiger partial charge on any atom is -0.362 e. The van der Waals surface area contributed by atoms with Crippen LogP contribution in [-0.2, 0) is 0 Å². The van der Waals surface area contributed by atoms with E-state index in [1.165, 1.54) is 62.3 Å². The maximum Gasteiger partial charge on any atom is 0.157 e. The zero-order valence-corrected chi connectivity index (χ0v) is 12.3. The van der Waals surface area contributed by atoms with E-state index in [4.69, 9.17) is 4.99 Å². The Morgan fingerprint density at radius 3 is 2.67 bits per heavy atom. The van der Waals surface area contributed by atoms with E-state index in [0.29, 0.717) is 12.1 Å². The summed E-state index contributed by atoms with van der Waals surface area (Å²) in [7, 11) is 0. The molecule has 0 amide bonds. The topological polar surface area (TPSA) is 24.4 Å². The van der Waals surface area contributed by atoms with Crippen LogP contribution < -0.4 is 5.32 Å². The summed E-state index contributed by atoms with van der Waals surface area (Å²) in [6, 6.07) is 1.26. The van der Waals surface area contributed by atoms with Crippen molar-refractivity contribution in [2.24, 2.45) is 16.8 Å². The molecular formula is C15H26N2S. The van der Waals surface area contributed by atoms with Crippen LogP contribution in [0.4, 0.5) is 0 Å². The van der Waals surface area contributed by atoms with Crippen molar-refractivity contribution in [3.63, 3.8) is 0 Å². The monoisotopic (exact) mass is 266 g/mol. The number of hydrogen-bond acceptors (Lipinski definition) is 3. The van der Waals surface area contributed by atoms with Crippen molar-refractivity contribution < 1.29 is 0 Å². The summed E-state index contributed by atoms with van der Waals surface area (Å²) >= 11 is 1.97. The summed E-state index contributed by atoms with van der Waals surface area (Å²) in [5, 5.41) is 4.95. The molecule has 3 unspecified atom stereocenters. The average Bonchev–Trinajstić information content (AvgIpc) is 2.92. The van der Waals surface area contributed by atoms with E-state index < -0.39 is 0 Å². The Hall–Kier alpha value is -0.180. The van der Waals surface area contributed by atoms with Crippen molar-refractivity contribution in [1.82, 2.24) is 5.32 Å². The van der Waals surface area contributed by atoms with E-state index in [2.05, 4.69) is 12.2 Å². The summed E-state index contributed by atoms with van der Waals surface area (Å²) in [5.74, 6) is 3.06. The van der Waals surface area contributed by atoms with Crippen LogP contribution in [0.25, 0.3) is 0 Å². The predicted molar refractivity (Wildman–Crippen MR) is 80.2 cm³/mol. The zero-order chi connectivity index (χ0) is 12.4. The number of rotatable bonds is 2. The van der Waals surface area contributed by atoms with E-state index in [1.54, 1.807) is 0 Å². The number of nitrogens with one attached hydrogen (secondary N) is 1. The van der Waals surface area contributed by atoms with Gasteiger partial charge < -0.3 is 5.32 Å². The van der Waals surface area contributed by atoms with Gasteiger partial charge in [0, 0.05) is 11.8 Å². The van der Waals surface area contributed by atoms with Crippen LogP contribution in [0.2, 0.25) is 0 Å². The van der Waals surface area contributed by atoms with Crippen LogP contribution in [0.5, 0.6) is 0 Å². The Morgan fingerprint density at radius 1 is 1.11 bits per heavy atom. The molecule has 0 aromatic carbocycles. The van der Waals surface area contributed by atoms with Crippen LogP contribution >= 0.6 is 11.8 Å². The Labute approximate surface area is 115 Å². The number of fused-ring (bicyclic) bond motifs is 1. The van der Waals surface area contributed by atoms with Gasteiger partial charge in [0.05, 0.1) is 6.04 Å². The molecule has 0 aromatic rings. The van der Waals surface area contributed by atoms with Gasteiger partial charge in [-0.25, -0.2) is 0 Å². The van der Waals surface area contributed by atoms with Gasteiger partial charge in [0.25, 0.3) is 0 Å². The largest absolute Gasteiger partial charge is 0.362 e. The number of thioether (sulfide) groups is 1. The van der Waals surface area contributed by atoms with E-state index in [9.17, 15) is 0 Å². The molecule has 0 spiro atoms. The Morgan fingerprint density at radius 2 is 1.83 bits per heavy atom. The maximum atomic E-state index is 4.98. The number of hydrogen-bond donors (Lipinski definition) is 1. The highest BCUT2D eigenvalue weighted by Crippen LogP contribution is 2.34. The van der Waals surface area contributed by atoms with E-state index in [0.717, 1.165) is 11.8 Å². The van der Waals surface area contributed by atoms with E-state index in [1.807, 2.05) is 11.8 Å². The molecule has 0 bridgehead atoms. The van der Waals surface area contributed by atoms with Gasteiger partial charge in [0.15, 0.2) is 5.17 Å². The fourth-order valence-electron chi connectivity index (χ4n) is 3.78. The molecule has 2 nitrogen and oxygen atoms in total. The summed E-state index contributed by atoms with van der Waals surface area (Å²) in [5.41, 5.74) is 0. The second kappa shape index (κ2) is 5.85. The lowest BCUT2D eigenvalue weighted by molar-refractivity contribution is 0.334. The Kier molecular flexibility index (Phi) is 4.17. The van der Waals surface area contributed by atoms with Gasteiger partial charge in [-0.15, -0.1) is 0 Å². The maximum absolute atomic E-state index is 4.98. The first kappa shape index (κ1) is 12.8. The molecule has 102 valence electrons. The highest BCUT2D eigenvalue weighted by atomic mass is 32.2. The van der Waals surface area contributed by atoms with Crippen molar-refractivity contribution in [2.45, 2.75) is 70.4 Å². The van der Waals surface area contributed by atoms with Crippen LogP contribution in [0.15, 0.2) is 4.99 Å². The molecule has 3 atom stereocenters. The van der Waals surface area contributed by atoms with E-state index >= 15 is 0 Å². The van der Waals surface area contributed by atoms with Crippen molar-refractivity contribution >= 4 is 16.9 Å². The molecule has 3 aliphatic rings. The van der Waals surface area contributed by atoms with Crippen molar-refractivity contribution in [2.75, 3.05) is 5.75 Å². The first-order valence-corrected chi connectivity index (χ1v) is 8.78. The predicted octanol–water partition coefficient (Wildman–Crippen LogP) is 3.82. The minimum atomic E-state index is 0.624. The van der Waals surface area contributed by atoms with Gasteiger partial charge in [-0.1, -0.05) is 37.4 Å². The summed E-state index contributed by atoms with van der Waals surface area (Å²) in [6.45, 7) is 2.35. The molecule has 2 saturated carbocycles. The first-order chi connectivity index (χ1) is 8.83. The average molecular weight is 266 g/mol. The van der Waals surface area contributed by atoms with Gasteiger partial charge in [0.1, 0.15) is 0 Å². The van der Waals surface area contributed by atoms with Gasteiger partial charge >= 0.3 is 0 Å². The van der Waals surface area contributed by atoms with Crippen molar-refractivity contribution in [3.05, 3.63) is 0 Å². The first-order valence-electron chi connectivity index (χ1n) is 7.80. The fourth-order valence-corrected chi connectivity index (χ4v) is 5.02. The molecule has 3 heteroatoms. The van der Waals surface area contributed by atoms with Crippen molar-refractivity contribution in [3.8, 4) is 0 Å². The van der Waals surface area contributed by atoms with Gasteiger partial charge in [-0.05, 0) is 44.4 Å². The lowest BCUT2D eigenvalue weighted by Crippen LogP contribution is -2.40. The molecule has 2 fully saturated rings. The van der Waals surface area contributed by atoms with Gasteiger partial charge in [0.2, 0.25) is 0 Å². The quantitative estimate of drug-likeness (QED) is 0.822. The molecule has 0 saturated heterocycles. The summed E-state index contributed by atoms with van der Waals surface area (Å²) < 4.78 is 0. The molecule has 0 radical (unpaired) electrons. The SMILES string of the molecule is CC(NC1=NC2CCCCC2CS1)C1CCCC1. The molecule has 3 rings (SSSR count).